The van der Waals surface area contributed by atoms with Gasteiger partial charge in [0.2, 0.25) is 5.91 Å². The zero-order valence-corrected chi connectivity index (χ0v) is 18.0. The quantitative estimate of drug-likeness (QED) is 0.758. The number of anilines is 1. The molecule has 9 nitrogen and oxygen atoms in total. The Bertz CT molecular complexity index is 1110. The molecule has 2 amide bonds. The van der Waals surface area contributed by atoms with Crippen LogP contribution in [-0.4, -0.2) is 62.0 Å². The second-order valence-corrected chi connectivity index (χ2v) is 9.26. The van der Waals surface area contributed by atoms with E-state index >= 15 is 0 Å². The fourth-order valence-electron chi connectivity index (χ4n) is 3.89. The average Bonchev–Trinajstić information content (AvgIpc) is 3.50. The molecular formula is C21H24N4O5S. The van der Waals surface area contributed by atoms with E-state index in [-0.39, 0.29) is 22.5 Å². The molecule has 164 valence electrons. The molecule has 0 unspecified atom stereocenters. The SMILES string of the molecule is CN1CCC/C1=N\S(=O)(=O)c1cccc(NC(=O)[C@@H]2CCCN2C(=O)c2ccco2)c1. The van der Waals surface area contributed by atoms with Gasteiger partial charge < -0.3 is 19.5 Å². The number of benzene rings is 1. The predicted molar refractivity (Wildman–Crippen MR) is 114 cm³/mol. The Labute approximate surface area is 180 Å². The molecule has 10 heteroatoms. The Kier molecular flexibility index (Phi) is 5.81. The molecule has 0 aliphatic carbocycles. The molecule has 4 rings (SSSR count). The van der Waals surface area contributed by atoms with Gasteiger partial charge in [-0.1, -0.05) is 6.07 Å². The van der Waals surface area contributed by atoms with Crippen molar-refractivity contribution in [2.45, 2.75) is 36.6 Å². The zero-order chi connectivity index (χ0) is 22.0. The van der Waals surface area contributed by atoms with Crippen LogP contribution < -0.4 is 5.32 Å². The highest BCUT2D eigenvalue weighted by Crippen LogP contribution is 2.24. The molecular weight excluding hydrogens is 420 g/mol. The van der Waals surface area contributed by atoms with E-state index < -0.39 is 16.1 Å². The van der Waals surface area contributed by atoms with E-state index in [1.807, 2.05) is 11.9 Å². The molecule has 2 saturated heterocycles. The Morgan fingerprint density at radius 2 is 2.00 bits per heavy atom. The second-order valence-electron chi connectivity index (χ2n) is 7.66. The van der Waals surface area contributed by atoms with Crippen molar-refractivity contribution in [3.8, 4) is 0 Å². The summed E-state index contributed by atoms with van der Waals surface area (Å²) in [5, 5.41) is 2.74. The molecule has 0 spiro atoms. The third-order valence-corrected chi connectivity index (χ3v) is 6.81. The lowest BCUT2D eigenvalue weighted by atomic mass is 10.2. The number of likely N-dealkylation sites (tertiary alicyclic amines) is 2. The minimum absolute atomic E-state index is 0.00744. The van der Waals surface area contributed by atoms with Gasteiger partial charge in [0.15, 0.2) is 5.76 Å². The molecule has 2 fully saturated rings. The van der Waals surface area contributed by atoms with Crippen molar-refractivity contribution in [3.05, 3.63) is 48.4 Å². The number of rotatable bonds is 5. The van der Waals surface area contributed by atoms with Crippen LogP contribution in [0.15, 0.2) is 56.4 Å². The summed E-state index contributed by atoms with van der Waals surface area (Å²) in [6, 6.07) is 8.54. The fourth-order valence-corrected chi connectivity index (χ4v) is 5.03. The van der Waals surface area contributed by atoms with Gasteiger partial charge in [-0.15, -0.1) is 4.40 Å². The van der Waals surface area contributed by atoms with Crippen molar-refractivity contribution in [2.24, 2.45) is 4.40 Å². The largest absolute Gasteiger partial charge is 0.459 e. The molecule has 3 heterocycles. The number of furan rings is 1. The first-order valence-corrected chi connectivity index (χ1v) is 11.6. The Morgan fingerprint density at radius 3 is 2.71 bits per heavy atom. The molecule has 2 aliphatic rings. The molecule has 0 saturated carbocycles. The van der Waals surface area contributed by atoms with Crippen molar-refractivity contribution in [3.63, 3.8) is 0 Å². The van der Waals surface area contributed by atoms with Gasteiger partial charge in [-0.2, -0.15) is 8.42 Å². The number of hydrogen-bond donors (Lipinski definition) is 1. The maximum Gasteiger partial charge on any atom is 0.290 e. The summed E-state index contributed by atoms with van der Waals surface area (Å²) in [5.74, 6) is 0.0144. The number of carbonyl (C=O) groups is 2. The van der Waals surface area contributed by atoms with E-state index in [0.29, 0.717) is 37.3 Å². The number of amides is 2. The van der Waals surface area contributed by atoms with Gasteiger partial charge in [-0.25, -0.2) is 0 Å². The van der Waals surface area contributed by atoms with E-state index in [9.17, 15) is 18.0 Å². The van der Waals surface area contributed by atoms with E-state index in [1.54, 1.807) is 24.3 Å². The van der Waals surface area contributed by atoms with Crippen LogP contribution in [0, 0.1) is 0 Å². The molecule has 0 radical (unpaired) electrons. The van der Waals surface area contributed by atoms with Crippen LogP contribution in [0.25, 0.3) is 0 Å². The number of nitrogens with zero attached hydrogens (tertiary/aromatic N) is 3. The standard InChI is InChI=1S/C21H24N4O5S/c1-24-11-4-10-19(24)23-31(28,29)16-7-2-6-15(14-16)22-20(26)17-8-3-12-25(17)21(27)18-9-5-13-30-18/h2,5-7,9,13-14,17H,3-4,8,10-12H2,1H3,(H,22,26)/b23-19+/t17-/m0/s1. The summed E-state index contributed by atoms with van der Waals surface area (Å²) in [6.45, 7) is 1.23. The Hall–Kier alpha value is -3.14. The number of hydrogen-bond acceptors (Lipinski definition) is 5. The number of amidine groups is 1. The van der Waals surface area contributed by atoms with E-state index in [2.05, 4.69) is 9.71 Å². The Balaban J connectivity index is 1.50. The molecule has 1 N–H and O–H groups in total. The lowest BCUT2D eigenvalue weighted by molar-refractivity contribution is -0.119. The van der Waals surface area contributed by atoms with Crippen LogP contribution in [0.4, 0.5) is 5.69 Å². The highest BCUT2D eigenvalue weighted by atomic mass is 32.2. The molecule has 1 aromatic heterocycles. The first-order valence-electron chi connectivity index (χ1n) is 10.2. The van der Waals surface area contributed by atoms with Gasteiger partial charge in [0.25, 0.3) is 15.9 Å². The van der Waals surface area contributed by atoms with Gasteiger partial charge in [-0.05, 0) is 49.6 Å². The third-order valence-electron chi connectivity index (χ3n) is 5.51. The minimum atomic E-state index is -3.89. The van der Waals surface area contributed by atoms with Gasteiger partial charge >= 0.3 is 0 Å². The van der Waals surface area contributed by atoms with Crippen LogP contribution >= 0.6 is 0 Å². The monoisotopic (exact) mass is 444 g/mol. The van der Waals surface area contributed by atoms with Gasteiger partial charge in [0, 0.05) is 32.2 Å². The minimum Gasteiger partial charge on any atom is -0.459 e. The summed E-state index contributed by atoms with van der Waals surface area (Å²) < 4.78 is 34.5. The highest BCUT2D eigenvalue weighted by molar-refractivity contribution is 7.90. The zero-order valence-electron chi connectivity index (χ0n) is 17.2. The van der Waals surface area contributed by atoms with Gasteiger partial charge in [-0.3, -0.25) is 9.59 Å². The smallest absolute Gasteiger partial charge is 0.290 e. The Morgan fingerprint density at radius 1 is 1.16 bits per heavy atom. The normalized spacial score (nSPS) is 20.4. The average molecular weight is 445 g/mol. The summed E-state index contributed by atoms with van der Waals surface area (Å²) in [4.78, 5) is 28.8. The maximum atomic E-state index is 12.9. The first kappa shape index (κ1) is 21.1. The lowest BCUT2D eigenvalue weighted by Gasteiger charge is -2.23. The van der Waals surface area contributed by atoms with E-state index in [1.165, 1.54) is 23.3 Å². The fraction of sp³-hybridized carbons (Fsp3) is 0.381. The molecule has 2 aliphatic heterocycles. The molecule has 31 heavy (non-hydrogen) atoms. The third kappa shape index (κ3) is 4.48. The molecule has 1 aromatic carbocycles. The summed E-state index contributed by atoms with van der Waals surface area (Å²) in [6.07, 6.45) is 4.13. The van der Waals surface area contributed by atoms with Crippen LogP contribution in [0.3, 0.4) is 0 Å². The van der Waals surface area contributed by atoms with Gasteiger partial charge in [0.1, 0.15) is 11.9 Å². The van der Waals surface area contributed by atoms with Crippen LogP contribution in [0.1, 0.15) is 36.2 Å². The van der Waals surface area contributed by atoms with Crippen LogP contribution in [0.5, 0.6) is 0 Å². The lowest BCUT2D eigenvalue weighted by Crippen LogP contribution is -2.43. The molecule has 1 atom stereocenters. The summed E-state index contributed by atoms with van der Waals surface area (Å²) >= 11 is 0. The highest BCUT2D eigenvalue weighted by Gasteiger charge is 2.35. The molecule has 2 aromatic rings. The van der Waals surface area contributed by atoms with Crippen molar-refractivity contribution < 1.29 is 22.4 Å². The van der Waals surface area contributed by atoms with Crippen molar-refractivity contribution in [1.82, 2.24) is 9.80 Å². The van der Waals surface area contributed by atoms with Crippen LogP contribution in [-0.2, 0) is 14.8 Å². The number of sulfonamides is 1. The van der Waals surface area contributed by atoms with Crippen LogP contribution in [0.2, 0.25) is 0 Å². The summed E-state index contributed by atoms with van der Waals surface area (Å²) in [5.41, 5.74) is 0.336. The van der Waals surface area contributed by atoms with Crippen molar-refractivity contribution in [1.29, 1.82) is 0 Å². The number of nitrogens with one attached hydrogen (secondary N) is 1. The van der Waals surface area contributed by atoms with E-state index in [0.717, 1.165) is 13.0 Å². The topological polar surface area (TPSA) is 112 Å². The first-order chi connectivity index (χ1) is 14.8. The second kappa shape index (κ2) is 8.54. The van der Waals surface area contributed by atoms with Crippen molar-refractivity contribution >= 4 is 33.4 Å². The van der Waals surface area contributed by atoms with E-state index in [4.69, 9.17) is 4.42 Å². The summed E-state index contributed by atoms with van der Waals surface area (Å²) in [7, 11) is -2.07. The maximum absolute atomic E-state index is 12.9. The number of carbonyl (C=O) groups excluding carboxylic acids is 2. The molecule has 0 bridgehead atoms. The van der Waals surface area contributed by atoms with Gasteiger partial charge in [0.05, 0.1) is 11.2 Å². The van der Waals surface area contributed by atoms with Crippen molar-refractivity contribution in [2.75, 3.05) is 25.5 Å². The predicted octanol–water partition coefficient (Wildman–Crippen LogP) is 2.34.